The van der Waals surface area contributed by atoms with Crippen LogP contribution < -0.4 is 10.6 Å². The smallest absolute Gasteiger partial charge is 0.352 e. The maximum absolute atomic E-state index is 13.1. The number of phenolic OH excluding ortho intramolecular Hbond substituents is 3. The highest BCUT2D eigenvalue weighted by atomic mass is 35.5. The number of carbonyl (C=O) groups excluding carboxylic acids is 3. The fraction of sp³-hybridized carbons (Fsp3) is 0.379. The van der Waals surface area contributed by atoms with Crippen LogP contribution in [-0.4, -0.2) is 103 Å². The maximum Gasteiger partial charge on any atom is 0.352 e. The molecule has 2 fully saturated rings. The molecule has 228 valence electrons. The molecule has 2 aromatic carbocycles. The minimum atomic E-state index is -1.20. The van der Waals surface area contributed by atoms with E-state index < -0.39 is 40.7 Å². The van der Waals surface area contributed by atoms with Crippen molar-refractivity contribution >= 4 is 47.1 Å². The second kappa shape index (κ2) is 12.3. The summed E-state index contributed by atoms with van der Waals surface area (Å²) in [6.45, 7) is 2.75. The molecule has 3 amide bonds. The van der Waals surface area contributed by atoms with Crippen molar-refractivity contribution in [2.24, 2.45) is 0 Å². The van der Waals surface area contributed by atoms with Gasteiger partial charge in [-0.15, -0.1) is 11.8 Å². The van der Waals surface area contributed by atoms with Crippen molar-refractivity contribution < 1.29 is 44.1 Å². The van der Waals surface area contributed by atoms with E-state index >= 15 is 0 Å². The van der Waals surface area contributed by atoms with E-state index in [0.29, 0.717) is 34.5 Å². The van der Waals surface area contributed by atoms with Gasteiger partial charge in [-0.2, -0.15) is 0 Å². The average molecular weight is 632 g/mol. The number of β-lactam (4-membered cyclic amide) rings is 1. The fourth-order valence-corrected chi connectivity index (χ4v) is 7.51. The van der Waals surface area contributed by atoms with Crippen molar-refractivity contribution in [2.45, 2.75) is 30.7 Å². The summed E-state index contributed by atoms with van der Waals surface area (Å²) in [6.07, 6.45) is 1.90. The molecular weight excluding hydrogens is 600 g/mol. The van der Waals surface area contributed by atoms with Gasteiger partial charge >= 0.3 is 5.97 Å². The molecule has 0 aromatic heterocycles. The van der Waals surface area contributed by atoms with E-state index in [-0.39, 0.29) is 40.9 Å². The van der Waals surface area contributed by atoms with Gasteiger partial charge in [-0.3, -0.25) is 19.3 Å². The Kier molecular flexibility index (Phi) is 8.76. The van der Waals surface area contributed by atoms with Gasteiger partial charge in [-0.1, -0.05) is 23.7 Å². The molecule has 0 unspecified atom stereocenters. The van der Waals surface area contributed by atoms with Gasteiger partial charge < -0.3 is 35.5 Å². The van der Waals surface area contributed by atoms with E-state index in [4.69, 9.17) is 11.6 Å². The van der Waals surface area contributed by atoms with Crippen molar-refractivity contribution in [3.05, 3.63) is 63.8 Å². The molecule has 2 aromatic rings. The Bertz CT molecular complexity index is 1490. The summed E-state index contributed by atoms with van der Waals surface area (Å²) in [5, 5.41) is 43.8. The first-order valence-electron chi connectivity index (χ1n) is 13.8. The standard InChI is InChI=1S/C29H31ClN4O8S/c30-22-19(7-8-20(36)25(22)38)26(39)31-9-12-34(10-1-2-11-34)14-17-15-43-28-23(27(40)33(28)24(17)29(41)42)32-21(37)13-16-3-5-18(35)6-4-16/h3-8,23,28H,1-2,9-15H2,(H5-,31,32,35,36,37,38,39,41,42)/p+1/t23-,28-/m1/s1. The molecule has 0 spiro atoms. The number of carboxylic acids is 1. The third kappa shape index (κ3) is 6.24. The van der Waals surface area contributed by atoms with Gasteiger partial charge in [-0.25, -0.2) is 4.79 Å². The number of halogens is 1. The minimum absolute atomic E-state index is 0.0188. The lowest BCUT2D eigenvalue weighted by molar-refractivity contribution is -0.911. The monoisotopic (exact) mass is 631 g/mol. The number of nitrogens with one attached hydrogen (secondary N) is 2. The molecule has 43 heavy (non-hydrogen) atoms. The zero-order chi connectivity index (χ0) is 30.9. The SMILES string of the molecule is O=C(Cc1ccc(O)cc1)N[C@@H]1C(=O)N2C(C(=O)O)=C(C[N+]3(CCNC(=O)c4ccc(O)c(O)c4Cl)CCCC3)CS[C@H]12. The van der Waals surface area contributed by atoms with Crippen LogP contribution in [0.25, 0.3) is 0 Å². The number of aliphatic carboxylic acids is 1. The van der Waals surface area contributed by atoms with Crippen LogP contribution in [0.3, 0.4) is 0 Å². The van der Waals surface area contributed by atoms with E-state index in [1.165, 1.54) is 40.9 Å². The quantitative estimate of drug-likeness (QED) is 0.130. The summed E-state index contributed by atoms with van der Waals surface area (Å²) in [5.41, 5.74) is 1.29. The number of thioether (sulfide) groups is 1. The highest BCUT2D eigenvalue weighted by molar-refractivity contribution is 8.00. The summed E-state index contributed by atoms with van der Waals surface area (Å²) in [4.78, 5) is 52.2. The van der Waals surface area contributed by atoms with Crippen molar-refractivity contribution in [3.63, 3.8) is 0 Å². The normalized spacial score (nSPS) is 20.8. The van der Waals surface area contributed by atoms with Crippen LogP contribution in [0.4, 0.5) is 0 Å². The molecule has 6 N–H and O–H groups in total. The molecule has 12 nitrogen and oxygen atoms in total. The number of hydrogen-bond acceptors (Lipinski definition) is 8. The topological polar surface area (TPSA) is 176 Å². The first kappa shape index (κ1) is 30.5. The highest BCUT2D eigenvalue weighted by Gasteiger charge is 2.55. The Hall–Kier alpha value is -3.94. The van der Waals surface area contributed by atoms with Crippen molar-refractivity contribution in [1.29, 1.82) is 0 Å². The van der Waals surface area contributed by atoms with Crippen molar-refractivity contribution in [3.8, 4) is 17.2 Å². The molecule has 3 heterocycles. The van der Waals surface area contributed by atoms with Gasteiger partial charge in [0.1, 0.15) is 29.4 Å². The predicted octanol–water partition coefficient (Wildman–Crippen LogP) is 1.78. The van der Waals surface area contributed by atoms with Crippen LogP contribution in [0, 0.1) is 0 Å². The second-order valence-electron chi connectivity index (χ2n) is 11.0. The Morgan fingerprint density at radius 2 is 1.74 bits per heavy atom. The van der Waals surface area contributed by atoms with Crippen LogP contribution in [0.2, 0.25) is 5.02 Å². The number of benzene rings is 2. The van der Waals surface area contributed by atoms with Gasteiger partial charge in [0.05, 0.1) is 43.2 Å². The summed E-state index contributed by atoms with van der Waals surface area (Å²) in [6, 6.07) is 7.85. The Morgan fingerprint density at radius 1 is 1.05 bits per heavy atom. The lowest BCUT2D eigenvalue weighted by Gasteiger charge is -2.50. The number of rotatable bonds is 10. The molecular formula is C29H32ClN4O8S+. The lowest BCUT2D eigenvalue weighted by atomic mass is 10.0. The average Bonchev–Trinajstić information content (AvgIpc) is 3.43. The maximum atomic E-state index is 13.1. The van der Waals surface area contributed by atoms with Crippen LogP contribution >= 0.6 is 23.4 Å². The van der Waals surface area contributed by atoms with Crippen LogP contribution in [0.15, 0.2) is 47.7 Å². The molecule has 2 saturated heterocycles. The molecule has 5 rings (SSSR count). The van der Waals surface area contributed by atoms with Crippen molar-refractivity contribution in [2.75, 3.05) is 38.5 Å². The number of amides is 3. The lowest BCUT2D eigenvalue weighted by Crippen LogP contribution is -2.71. The Balaban J connectivity index is 1.24. The zero-order valence-electron chi connectivity index (χ0n) is 23.1. The Labute approximate surface area is 256 Å². The summed E-state index contributed by atoms with van der Waals surface area (Å²) in [5.74, 6) is -3.09. The summed E-state index contributed by atoms with van der Waals surface area (Å²) in [7, 11) is 0. The van der Waals surface area contributed by atoms with Crippen LogP contribution in [0.1, 0.15) is 28.8 Å². The molecule has 0 bridgehead atoms. The molecule has 0 radical (unpaired) electrons. The number of nitrogens with zero attached hydrogens (tertiary/aromatic N) is 2. The number of phenols is 3. The summed E-state index contributed by atoms with van der Waals surface area (Å²) >= 11 is 7.44. The van der Waals surface area contributed by atoms with Gasteiger partial charge in [-0.05, 0) is 29.8 Å². The first-order chi connectivity index (χ1) is 20.5. The van der Waals surface area contributed by atoms with E-state index in [9.17, 15) is 39.6 Å². The number of carboxylic acid groups (broad SMARTS) is 1. The fourth-order valence-electron chi connectivity index (χ4n) is 5.93. The number of carbonyl (C=O) groups is 4. The molecule has 3 aliphatic heterocycles. The van der Waals surface area contributed by atoms with E-state index in [0.717, 1.165) is 25.9 Å². The zero-order valence-corrected chi connectivity index (χ0v) is 24.7. The predicted molar refractivity (Wildman–Crippen MR) is 158 cm³/mol. The molecule has 2 atom stereocenters. The third-order valence-corrected chi connectivity index (χ3v) is 9.84. The Morgan fingerprint density at radius 3 is 2.42 bits per heavy atom. The summed E-state index contributed by atoms with van der Waals surface area (Å²) < 4.78 is 0.543. The number of hydrogen-bond donors (Lipinski definition) is 6. The number of likely N-dealkylation sites (tertiary alicyclic amines) is 1. The van der Waals surface area contributed by atoms with E-state index in [1.54, 1.807) is 12.1 Å². The molecule has 14 heteroatoms. The molecule has 3 aliphatic rings. The van der Waals surface area contributed by atoms with Crippen LogP contribution in [0.5, 0.6) is 17.2 Å². The van der Waals surface area contributed by atoms with Crippen molar-refractivity contribution in [1.82, 2.24) is 15.5 Å². The third-order valence-electron chi connectivity index (χ3n) is 8.12. The van der Waals surface area contributed by atoms with E-state index in [1.807, 2.05) is 0 Å². The largest absolute Gasteiger partial charge is 0.508 e. The number of quaternary nitrogens is 1. The number of aromatic hydroxyl groups is 3. The second-order valence-corrected chi connectivity index (χ2v) is 12.5. The van der Waals surface area contributed by atoms with Gasteiger partial charge in [0.2, 0.25) is 5.91 Å². The van der Waals surface area contributed by atoms with Gasteiger partial charge in [0.15, 0.2) is 11.5 Å². The first-order valence-corrected chi connectivity index (χ1v) is 15.2. The molecule has 0 saturated carbocycles. The van der Waals surface area contributed by atoms with Crippen LogP contribution in [-0.2, 0) is 20.8 Å². The number of fused-ring (bicyclic) bond motifs is 1. The highest BCUT2D eigenvalue weighted by Crippen LogP contribution is 2.41. The minimum Gasteiger partial charge on any atom is -0.508 e. The van der Waals surface area contributed by atoms with E-state index in [2.05, 4.69) is 10.6 Å². The van der Waals surface area contributed by atoms with Gasteiger partial charge in [0, 0.05) is 24.2 Å². The molecule has 0 aliphatic carbocycles. The van der Waals surface area contributed by atoms with Gasteiger partial charge in [0.25, 0.3) is 11.8 Å².